The molecule has 0 spiro atoms. The summed E-state index contributed by atoms with van der Waals surface area (Å²) in [5.41, 5.74) is 3.55. The third-order valence-corrected chi connectivity index (χ3v) is 2.79. The van der Waals surface area contributed by atoms with Crippen molar-refractivity contribution in [3.8, 4) is 0 Å². The summed E-state index contributed by atoms with van der Waals surface area (Å²) >= 11 is 0. The number of halogens is 1. The minimum Gasteiger partial charge on any atom is -0.378 e. The molecule has 1 aliphatic rings. The monoisotopic (exact) mass is 251 g/mol. The molecule has 2 N–H and O–H groups in total. The van der Waals surface area contributed by atoms with E-state index in [9.17, 15) is 0 Å². The van der Waals surface area contributed by atoms with E-state index >= 15 is 0 Å². The fraction of sp³-hybridized carbons (Fsp3) is 0.308. The van der Waals surface area contributed by atoms with Gasteiger partial charge in [0.1, 0.15) is 5.84 Å². The van der Waals surface area contributed by atoms with Gasteiger partial charge in [-0.3, -0.25) is 4.99 Å². The quantitative estimate of drug-likeness (QED) is 0.863. The van der Waals surface area contributed by atoms with E-state index in [1.54, 1.807) is 0 Å². The Morgan fingerprint density at radius 1 is 1.53 bits per heavy atom. The van der Waals surface area contributed by atoms with E-state index in [1.807, 2.05) is 12.1 Å². The zero-order chi connectivity index (χ0) is 11.4. The largest absolute Gasteiger partial charge is 0.378 e. The summed E-state index contributed by atoms with van der Waals surface area (Å²) in [6.45, 7) is 8.52. The fourth-order valence-electron chi connectivity index (χ4n) is 1.81. The van der Waals surface area contributed by atoms with Gasteiger partial charge in [0.25, 0.3) is 0 Å². The van der Waals surface area contributed by atoms with Crippen LogP contribution in [0.4, 0.5) is 5.69 Å². The topological polar surface area (TPSA) is 36.4 Å². The molecule has 0 atom stereocenters. The van der Waals surface area contributed by atoms with Gasteiger partial charge >= 0.3 is 0 Å². The minimum absolute atomic E-state index is 0. The SMILES string of the molecule is C=Cc1cccc(NCC2=NCCN2)c1C.Cl. The van der Waals surface area contributed by atoms with E-state index in [-0.39, 0.29) is 12.4 Å². The standard InChI is InChI=1S/C13H17N3.ClH/c1-3-11-5-4-6-12(10(11)2)16-9-13-14-7-8-15-13;/h3-6,16H,1,7-9H2,2H3,(H,14,15);1H. The summed E-state index contributed by atoms with van der Waals surface area (Å²) in [6.07, 6.45) is 1.88. The number of nitrogens with zero attached hydrogens (tertiary/aromatic N) is 1. The van der Waals surface area contributed by atoms with Crippen LogP contribution in [0.3, 0.4) is 0 Å². The summed E-state index contributed by atoms with van der Waals surface area (Å²) in [7, 11) is 0. The van der Waals surface area contributed by atoms with Crippen molar-refractivity contribution < 1.29 is 0 Å². The normalized spacial score (nSPS) is 13.4. The Labute approximate surface area is 108 Å². The molecule has 0 bridgehead atoms. The smallest absolute Gasteiger partial charge is 0.116 e. The van der Waals surface area contributed by atoms with Crippen LogP contribution in [0.1, 0.15) is 11.1 Å². The third-order valence-electron chi connectivity index (χ3n) is 2.79. The molecule has 0 saturated heterocycles. The van der Waals surface area contributed by atoms with Crippen molar-refractivity contribution >= 4 is 30.0 Å². The van der Waals surface area contributed by atoms with E-state index in [2.05, 4.69) is 41.3 Å². The van der Waals surface area contributed by atoms with Crippen molar-refractivity contribution in [1.82, 2.24) is 5.32 Å². The lowest BCUT2D eigenvalue weighted by molar-refractivity contribution is 0.956. The highest BCUT2D eigenvalue weighted by molar-refractivity contribution is 5.87. The van der Waals surface area contributed by atoms with E-state index in [4.69, 9.17) is 0 Å². The highest BCUT2D eigenvalue weighted by Crippen LogP contribution is 2.19. The molecule has 0 amide bonds. The molecular formula is C13H18ClN3. The number of amidine groups is 1. The van der Waals surface area contributed by atoms with Gasteiger partial charge in [0.2, 0.25) is 0 Å². The molecule has 92 valence electrons. The Bertz CT molecular complexity index is 427. The van der Waals surface area contributed by atoms with Crippen molar-refractivity contribution in [2.75, 3.05) is 25.0 Å². The van der Waals surface area contributed by atoms with Crippen LogP contribution in [0.25, 0.3) is 6.08 Å². The van der Waals surface area contributed by atoms with Crippen LogP contribution < -0.4 is 10.6 Å². The molecule has 17 heavy (non-hydrogen) atoms. The number of benzene rings is 1. The average molecular weight is 252 g/mol. The van der Waals surface area contributed by atoms with Crippen molar-refractivity contribution in [2.24, 2.45) is 4.99 Å². The van der Waals surface area contributed by atoms with Gasteiger partial charge in [0.15, 0.2) is 0 Å². The fourth-order valence-corrected chi connectivity index (χ4v) is 1.81. The predicted octanol–water partition coefficient (Wildman–Crippen LogP) is 2.47. The Kier molecular flexibility index (Phi) is 5.04. The van der Waals surface area contributed by atoms with Crippen LogP contribution in [0.5, 0.6) is 0 Å². The van der Waals surface area contributed by atoms with Crippen LogP contribution >= 0.6 is 12.4 Å². The molecule has 0 unspecified atom stereocenters. The summed E-state index contributed by atoms with van der Waals surface area (Å²) in [5, 5.41) is 6.63. The minimum atomic E-state index is 0. The zero-order valence-electron chi connectivity index (χ0n) is 9.99. The molecular weight excluding hydrogens is 234 g/mol. The molecule has 1 aromatic rings. The lowest BCUT2D eigenvalue weighted by Gasteiger charge is -2.11. The van der Waals surface area contributed by atoms with E-state index < -0.39 is 0 Å². The van der Waals surface area contributed by atoms with Crippen LogP contribution in [-0.4, -0.2) is 25.5 Å². The first-order valence-electron chi connectivity index (χ1n) is 5.54. The number of hydrogen-bond acceptors (Lipinski definition) is 3. The Balaban J connectivity index is 0.00000144. The predicted molar refractivity (Wildman–Crippen MR) is 77.3 cm³/mol. The Hall–Kier alpha value is -1.48. The second-order valence-corrected chi connectivity index (χ2v) is 3.83. The molecule has 1 heterocycles. The van der Waals surface area contributed by atoms with Gasteiger partial charge in [0.05, 0.1) is 13.1 Å². The molecule has 0 aliphatic carbocycles. The van der Waals surface area contributed by atoms with Crippen LogP contribution in [0, 0.1) is 6.92 Å². The van der Waals surface area contributed by atoms with Crippen LogP contribution in [0.15, 0.2) is 29.8 Å². The summed E-state index contributed by atoms with van der Waals surface area (Å²) in [5.74, 6) is 1.04. The molecule has 1 aliphatic heterocycles. The molecule has 0 saturated carbocycles. The van der Waals surface area contributed by atoms with Gasteiger partial charge in [-0.25, -0.2) is 0 Å². The van der Waals surface area contributed by atoms with Crippen LogP contribution in [-0.2, 0) is 0 Å². The highest BCUT2D eigenvalue weighted by atomic mass is 35.5. The van der Waals surface area contributed by atoms with E-state index in [0.717, 1.165) is 31.2 Å². The molecule has 4 heteroatoms. The Morgan fingerprint density at radius 3 is 3.00 bits per heavy atom. The number of aliphatic imine (C=N–C) groups is 1. The van der Waals surface area contributed by atoms with Crippen molar-refractivity contribution in [2.45, 2.75) is 6.92 Å². The first-order valence-corrected chi connectivity index (χ1v) is 5.54. The lowest BCUT2D eigenvalue weighted by Crippen LogP contribution is -2.26. The number of anilines is 1. The summed E-state index contributed by atoms with van der Waals surface area (Å²) in [4.78, 5) is 4.35. The number of nitrogens with one attached hydrogen (secondary N) is 2. The molecule has 0 aromatic heterocycles. The van der Waals surface area contributed by atoms with Gasteiger partial charge in [-0.15, -0.1) is 12.4 Å². The Morgan fingerprint density at radius 2 is 2.35 bits per heavy atom. The summed E-state index contributed by atoms with van der Waals surface area (Å²) < 4.78 is 0. The maximum Gasteiger partial charge on any atom is 0.116 e. The van der Waals surface area contributed by atoms with Gasteiger partial charge < -0.3 is 10.6 Å². The number of hydrogen-bond donors (Lipinski definition) is 2. The van der Waals surface area contributed by atoms with Gasteiger partial charge in [0, 0.05) is 12.2 Å². The van der Waals surface area contributed by atoms with E-state index in [1.165, 1.54) is 11.1 Å². The van der Waals surface area contributed by atoms with Gasteiger partial charge in [-0.2, -0.15) is 0 Å². The first kappa shape index (κ1) is 13.6. The molecule has 1 aromatic carbocycles. The second-order valence-electron chi connectivity index (χ2n) is 3.83. The third kappa shape index (κ3) is 3.24. The first-order chi connectivity index (χ1) is 7.81. The van der Waals surface area contributed by atoms with Gasteiger partial charge in [-0.1, -0.05) is 24.8 Å². The zero-order valence-corrected chi connectivity index (χ0v) is 10.8. The molecule has 0 radical (unpaired) electrons. The highest BCUT2D eigenvalue weighted by Gasteiger charge is 2.05. The van der Waals surface area contributed by atoms with Gasteiger partial charge in [-0.05, 0) is 24.1 Å². The second kappa shape index (κ2) is 6.30. The molecule has 2 rings (SSSR count). The van der Waals surface area contributed by atoms with E-state index in [0.29, 0.717) is 0 Å². The van der Waals surface area contributed by atoms with Crippen molar-refractivity contribution in [3.63, 3.8) is 0 Å². The maximum atomic E-state index is 4.35. The lowest BCUT2D eigenvalue weighted by atomic mass is 10.1. The summed E-state index contributed by atoms with van der Waals surface area (Å²) in [6, 6.07) is 6.19. The van der Waals surface area contributed by atoms with Crippen LogP contribution in [0.2, 0.25) is 0 Å². The van der Waals surface area contributed by atoms with Crippen molar-refractivity contribution in [3.05, 3.63) is 35.9 Å². The van der Waals surface area contributed by atoms with Crippen molar-refractivity contribution in [1.29, 1.82) is 0 Å². The molecule has 0 fully saturated rings. The average Bonchev–Trinajstić information content (AvgIpc) is 2.81. The number of rotatable bonds is 4. The maximum absolute atomic E-state index is 4.35. The molecule has 3 nitrogen and oxygen atoms in total.